The van der Waals surface area contributed by atoms with Crippen LogP contribution in [0.25, 0.3) is 0 Å². The molecule has 1 heterocycles. The SMILES string of the molecule is CCC(C)(C)NC(=O)C(C)Sc1nnc(COc2cc(C)cc(C)c2)n1N. The number of hydrogen-bond acceptors (Lipinski definition) is 6. The Labute approximate surface area is 165 Å². The number of aromatic nitrogens is 3. The van der Waals surface area contributed by atoms with Crippen molar-refractivity contribution in [2.75, 3.05) is 5.84 Å². The Kier molecular flexibility index (Phi) is 6.75. The van der Waals surface area contributed by atoms with Crippen molar-refractivity contribution in [2.45, 2.75) is 70.5 Å². The number of hydrogen-bond donors (Lipinski definition) is 2. The molecule has 2 rings (SSSR count). The largest absolute Gasteiger partial charge is 0.486 e. The van der Waals surface area contributed by atoms with E-state index in [0.29, 0.717) is 11.0 Å². The maximum absolute atomic E-state index is 12.4. The molecular formula is C19H29N5O2S. The second-order valence-corrected chi connectivity index (χ2v) is 8.68. The highest BCUT2D eigenvalue weighted by molar-refractivity contribution is 8.00. The van der Waals surface area contributed by atoms with Crippen molar-refractivity contribution in [3.05, 3.63) is 35.2 Å². The summed E-state index contributed by atoms with van der Waals surface area (Å²) in [6.45, 7) is 12.1. The Morgan fingerprint density at radius 1 is 1.30 bits per heavy atom. The van der Waals surface area contributed by atoms with Gasteiger partial charge in [-0.2, -0.15) is 0 Å². The van der Waals surface area contributed by atoms with Gasteiger partial charge in [-0.25, -0.2) is 4.68 Å². The molecule has 148 valence electrons. The zero-order valence-corrected chi connectivity index (χ0v) is 17.7. The minimum absolute atomic E-state index is 0.0529. The van der Waals surface area contributed by atoms with E-state index in [0.717, 1.165) is 23.3 Å². The van der Waals surface area contributed by atoms with Gasteiger partial charge in [0.15, 0.2) is 5.82 Å². The fraction of sp³-hybridized carbons (Fsp3) is 0.526. The van der Waals surface area contributed by atoms with E-state index in [-0.39, 0.29) is 23.3 Å². The van der Waals surface area contributed by atoms with E-state index in [4.69, 9.17) is 10.6 Å². The Bertz CT molecular complexity index is 783. The molecule has 1 amide bonds. The first kappa shape index (κ1) is 21.1. The summed E-state index contributed by atoms with van der Waals surface area (Å²) in [6, 6.07) is 6.00. The van der Waals surface area contributed by atoms with Gasteiger partial charge in [-0.1, -0.05) is 24.8 Å². The number of benzene rings is 1. The number of rotatable bonds is 8. The highest BCUT2D eigenvalue weighted by Crippen LogP contribution is 2.23. The van der Waals surface area contributed by atoms with Crippen LogP contribution in [0, 0.1) is 13.8 Å². The molecule has 0 saturated heterocycles. The summed E-state index contributed by atoms with van der Waals surface area (Å²) in [6.07, 6.45) is 0.850. The molecule has 8 heteroatoms. The highest BCUT2D eigenvalue weighted by Gasteiger charge is 2.24. The average molecular weight is 392 g/mol. The molecule has 0 aliphatic carbocycles. The van der Waals surface area contributed by atoms with Crippen molar-refractivity contribution in [3.8, 4) is 5.75 Å². The molecule has 0 aliphatic heterocycles. The fourth-order valence-electron chi connectivity index (χ4n) is 2.39. The van der Waals surface area contributed by atoms with E-state index < -0.39 is 0 Å². The molecule has 0 radical (unpaired) electrons. The number of nitrogens with zero attached hydrogens (tertiary/aromatic N) is 3. The number of carbonyl (C=O) groups excluding carboxylic acids is 1. The van der Waals surface area contributed by atoms with Crippen molar-refractivity contribution in [1.29, 1.82) is 0 Å². The predicted octanol–water partition coefficient (Wildman–Crippen LogP) is 2.97. The monoisotopic (exact) mass is 391 g/mol. The number of nitrogens with two attached hydrogens (primary N) is 1. The van der Waals surface area contributed by atoms with Gasteiger partial charge in [-0.15, -0.1) is 10.2 Å². The summed E-state index contributed by atoms with van der Waals surface area (Å²) in [7, 11) is 0. The third kappa shape index (κ3) is 5.89. The Balaban J connectivity index is 1.99. The molecule has 0 aliphatic rings. The highest BCUT2D eigenvalue weighted by atomic mass is 32.2. The quantitative estimate of drug-likeness (QED) is 0.531. The number of nitrogens with one attached hydrogen (secondary N) is 1. The average Bonchev–Trinajstić information content (AvgIpc) is 2.92. The van der Waals surface area contributed by atoms with Crippen LogP contribution < -0.4 is 15.9 Å². The molecule has 27 heavy (non-hydrogen) atoms. The van der Waals surface area contributed by atoms with E-state index in [1.54, 1.807) is 0 Å². The first-order valence-electron chi connectivity index (χ1n) is 9.00. The van der Waals surface area contributed by atoms with Gasteiger partial charge in [0.1, 0.15) is 12.4 Å². The van der Waals surface area contributed by atoms with Gasteiger partial charge in [-0.3, -0.25) is 4.79 Å². The molecule has 1 aromatic carbocycles. The van der Waals surface area contributed by atoms with Crippen LogP contribution in [0.1, 0.15) is 51.1 Å². The lowest BCUT2D eigenvalue weighted by molar-refractivity contribution is -0.121. The number of ether oxygens (including phenoxy) is 1. The second kappa shape index (κ2) is 8.65. The van der Waals surface area contributed by atoms with Gasteiger partial charge in [0, 0.05) is 5.54 Å². The predicted molar refractivity (Wildman–Crippen MR) is 108 cm³/mol. The normalized spacial score (nSPS) is 12.7. The van der Waals surface area contributed by atoms with Crippen LogP contribution in [0.5, 0.6) is 5.75 Å². The van der Waals surface area contributed by atoms with Crippen LogP contribution in [0.15, 0.2) is 23.4 Å². The number of thioether (sulfide) groups is 1. The molecule has 1 unspecified atom stereocenters. The van der Waals surface area contributed by atoms with Gasteiger partial charge >= 0.3 is 0 Å². The van der Waals surface area contributed by atoms with Crippen molar-refractivity contribution >= 4 is 17.7 Å². The van der Waals surface area contributed by atoms with Crippen LogP contribution in [0.4, 0.5) is 0 Å². The van der Waals surface area contributed by atoms with Crippen molar-refractivity contribution < 1.29 is 9.53 Å². The summed E-state index contributed by atoms with van der Waals surface area (Å²) >= 11 is 1.27. The lowest BCUT2D eigenvalue weighted by Crippen LogP contribution is -2.46. The van der Waals surface area contributed by atoms with Crippen LogP contribution in [0.2, 0.25) is 0 Å². The fourth-order valence-corrected chi connectivity index (χ4v) is 3.17. The summed E-state index contributed by atoms with van der Waals surface area (Å²) in [4.78, 5) is 12.4. The van der Waals surface area contributed by atoms with Crippen molar-refractivity contribution in [1.82, 2.24) is 20.2 Å². The molecule has 2 aromatic rings. The maximum atomic E-state index is 12.4. The molecule has 7 nitrogen and oxygen atoms in total. The second-order valence-electron chi connectivity index (χ2n) is 7.37. The molecule has 3 N–H and O–H groups in total. The Hall–Kier alpha value is -2.22. The maximum Gasteiger partial charge on any atom is 0.233 e. The number of amides is 1. The zero-order valence-electron chi connectivity index (χ0n) is 16.9. The minimum atomic E-state index is -0.337. The van der Waals surface area contributed by atoms with E-state index in [1.165, 1.54) is 16.4 Å². The third-order valence-electron chi connectivity index (χ3n) is 4.30. The van der Waals surface area contributed by atoms with Gasteiger partial charge in [0.25, 0.3) is 0 Å². The Morgan fingerprint density at radius 3 is 2.52 bits per heavy atom. The lowest BCUT2D eigenvalue weighted by atomic mass is 10.0. The van der Waals surface area contributed by atoms with E-state index in [9.17, 15) is 4.79 Å². The van der Waals surface area contributed by atoms with Gasteiger partial charge in [-0.05, 0) is 64.3 Å². The standard InChI is InChI=1S/C19H29N5O2S/c1-7-19(5,6)21-17(25)14(4)27-18-23-22-16(24(18)20)11-26-15-9-12(2)8-13(3)10-15/h8-10,14H,7,11,20H2,1-6H3,(H,21,25). The number of aryl methyl sites for hydroxylation is 2. The molecule has 1 aromatic heterocycles. The minimum Gasteiger partial charge on any atom is -0.486 e. The van der Waals surface area contributed by atoms with Crippen LogP contribution in [0.3, 0.4) is 0 Å². The summed E-state index contributed by atoms with van der Waals surface area (Å²) < 4.78 is 7.17. The first-order valence-corrected chi connectivity index (χ1v) is 9.88. The van der Waals surface area contributed by atoms with Gasteiger partial charge < -0.3 is 15.9 Å². The van der Waals surface area contributed by atoms with Crippen LogP contribution in [-0.4, -0.2) is 31.6 Å². The number of nitrogen functional groups attached to an aromatic ring is 1. The molecule has 0 spiro atoms. The van der Waals surface area contributed by atoms with E-state index in [2.05, 4.69) is 21.6 Å². The van der Waals surface area contributed by atoms with Gasteiger partial charge in [0.05, 0.1) is 5.25 Å². The molecule has 0 bridgehead atoms. The van der Waals surface area contributed by atoms with Crippen molar-refractivity contribution in [2.24, 2.45) is 0 Å². The summed E-state index contributed by atoms with van der Waals surface area (Å²) in [5.41, 5.74) is 2.02. The molecule has 0 saturated carbocycles. The summed E-state index contributed by atoms with van der Waals surface area (Å²) in [5.74, 6) is 7.30. The summed E-state index contributed by atoms with van der Waals surface area (Å²) in [5, 5.41) is 11.3. The lowest BCUT2D eigenvalue weighted by Gasteiger charge is -2.26. The third-order valence-corrected chi connectivity index (χ3v) is 5.35. The first-order chi connectivity index (χ1) is 12.6. The van der Waals surface area contributed by atoms with E-state index >= 15 is 0 Å². The smallest absolute Gasteiger partial charge is 0.233 e. The molecule has 0 fully saturated rings. The zero-order chi connectivity index (χ0) is 20.2. The van der Waals surface area contributed by atoms with Crippen LogP contribution in [-0.2, 0) is 11.4 Å². The Morgan fingerprint density at radius 2 is 1.93 bits per heavy atom. The molecular weight excluding hydrogens is 362 g/mol. The number of carbonyl (C=O) groups is 1. The van der Waals surface area contributed by atoms with Gasteiger partial charge in [0.2, 0.25) is 11.1 Å². The van der Waals surface area contributed by atoms with Crippen LogP contribution >= 0.6 is 11.8 Å². The van der Waals surface area contributed by atoms with Crippen molar-refractivity contribution in [3.63, 3.8) is 0 Å². The van der Waals surface area contributed by atoms with E-state index in [1.807, 2.05) is 53.7 Å². The molecule has 1 atom stereocenters. The topological polar surface area (TPSA) is 95.1 Å².